The molecule has 2 aromatic rings. The predicted octanol–water partition coefficient (Wildman–Crippen LogP) is 2.08. The van der Waals surface area contributed by atoms with Crippen molar-refractivity contribution in [2.24, 2.45) is 0 Å². The molecule has 1 N–H and O–H groups in total. The molecule has 6 nitrogen and oxygen atoms in total. The second-order valence-corrected chi connectivity index (χ2v) is 3.60. The Morgan fingerprint density at radius 3 is 2.78 bits per heavy atom. The van der Waals surface area contributed by atoms with E-state index in [0.717, 1.165) is 5.69 Å². The van der Waals surface area contributed by atoms with Crippen LogP contribution in [0.4, 0.5) is 0 Å². The van der Waals surface area contributed by atoms with E-state index >= 15 is 0 Å². The van der Waals surface area contributed by atoms with Gasteiger partial charge in [-0.1, -0.05) is 0 Å². The van der Waals surface area contributed by atoms with E-state index in [-0.39, 0.29) is 0 Å². The highest BCUT2D eigenvalue weighted by Gasteiger charge is 2.08. The number of H-pyrrole nitrogens is 1. The molecule has 0 saturated carbocycles. The molecule has 94 valence electrons. The Morgan fingerprint density at radius 2 is 2.22 bits per heavy atom. The summed E-state index contributed by atoms with van der Waals surface area (Å²) >= 11 is 0. The van der Waals surface area contributed by atoms with Crippen LogP contribution in [-0.4, -0.2) is 27.8 Å². The summed E-state index contributed by atoms with van der Waals surface area (Å²) in [6.45, 7) is 3.96. The molecule has 0 bridgehead atoms. The molecule has 2 rings (SSSR count). The number of hydrogen-bond acceptors (Lipinski definition) is 5. The number of aryl methyl sites for hydroxylation is 1. The van der Waals surface area contributed by atoms with Crippen molar-refractivity contribution >= 4 is 5.97 Å². The summed E-state index contributed by atoms with van der Waals surface area (Å²) in [6, 6.07) is 4.94. The lowest BCUT2D eigenvalue weighted by molar-refractivity contribution is 0.0526. The molecule has 2 aromatic heterocycles. The Morgan fingerprint density at radius 1 is 1.39 bits per heavy atom. The Bertz CT molecular complexity index is 534. The normalized spacial score (nSPS) is 10.1. The van der Waals surface area contributed by atoms with Crippen molar-refractivity contribution in [2.75, 3.05) is 6.61 Å². The number of aromatic nitrogens is 3. The van der Waals surface area contributed by atoms with Crippen molar-refractivity contribution in [3.63, 3.8) is 0 Å². The van der Waals surface area contributed by atoms with Crippen LogP contribution in [0.3, 0.4) is 0 Å². The zero-order chi connectivity index (χ0) is 13.0. The van der Waals surface area contributed by atoms with Crippen molar-refractivity contribution in [3.05, 3.63) is 35.7 Å². The molecular formula is C12H13N3O3. The fourth-order valence-electron chi connectivity index (χ4n) is 1.33. The Balaban J connectivity index is 2.05. The third-order valence-corrected chi connectivity index (χ3v) is 2.14. The molecule has 0 radical (unpaired) electrons. The number of pyridine rings is 1. The van der Waals surface area contributed by atoms with Gasteiger partial charge in [-0.05, 0) is 19.9 Å². The average molecular weight is 247 g/mol. The summed E-state index contributed by atoms with van der Waals surface area (Å²) in [4.78, 5) is 15.4. The third-order valence-electron chi connectivity index (χ3n) is 2.14. The molecule has 0 aromatic carbocycles. The van der Waals surface area contributed by atoms with E-state index in [4.69, 9.17) is 9.47 Å². The maximum absolute atomic E-state index is 11.4. The Labute approximate surface area is 104 Å². The summed E-state index contributed by atoms with van der Waals surface area (Å²) < 4.78 is 10.2. The number of ether oxygens (including phenoxy) is 2. The summed E-state index contributed by atoms with van der Waals surface area (Å²) in [5, 5.41) is 6.68. The van der Waals surface area contributed by atoms with E-state index in [9.17, 15) is 4.79 Å². The first-order valence-electron chi connectivity index (χ1n) is 5.52. The second-order valence-electron chi connectivity index (χ2n) is 3.60. The van der Waals surface area contributed by atoms with Crippen LogP contribution in [0.1, 0.15) is 23.0 Å². The Hall–Kier alpha value is -2.37. The van der Waals surface area contributed by atoms with Crippen LogP contribution in [0, 0.1) is 6.92 Å². The molecule has 0 atom stereocenters. The van der Waals surface area contributed by atoms with E-state index in [1.54, 1.807) is 25.1 Å². The van der Waals surface area contributed by atoms with Gasteiger partial charge in [0.05, 0.1) is 12.2 Å². The van der Waals surface area contributed by atoms with E-state index < -0.39 is 5.97 Å². The molecule has 0 saturated heterocycles. The lowest BCUT2D eigenvalue weighted by atomic mass is 10.3. The molecule has 0 spiro atoms. The standard InChI is InChI=1S/C12H13N3O3/c1-3-17-12(16)9-4-5-10(13-7-9)18-11-6-8(2)14-15-11/h4-7H,3H2,1-2H3,(H,14,15). The van der Waals surface area contributed by atoms with Crippen LogP contribution in [0.5, 0.6) is 11.8 Å². The number of carbonyl (C=O) groups is 1. The number of esters is 1. The summed E-state index contributed by atoms with van der Waals surface area (Å²) in [7, 11) is 0. The highest BCUT2D eigenvalue weighted by atomic mass is 16.5. The Kier molecular flexibility index (Phi) is 3.57. The van der Waals surface area contributed by atoms with Gasteiger partial charge in [-0.2, -0.15) is 0 Å². The quantitative estimate of drug-likeness (QED) is 0.837. The summed E-state index contributed by atoms with van der Waals surface area (Å²) in [6.07, 6.45) is 1.41. The molecule has 0 aliphatic heterocycles. The summed E-state index contributed by atoms with van der Waals surface area (Å²) in [5.41, 5.74) is 1.29. The molecule has 0 amide bonds. The van der Waals surface area contributed by atoms with Gasteiger partial charge >= 0.3 is 5.97 Å². The van der Waals surface area contributed by atoms with Gasteiger partial charge in [0.2, 0.25) is 11.8 Å². The maximum Gasteiger partial charge on any atom is 0.339 e. The molecule has 6 heteroatoms. The maximum atomic E-state index is 11.4. The monoisotopic (exact) mass is 247 g/mol. The zero-order valence-corrected chi connectivity index (χ0v) is 10.1. The smallest absolute Gasteiger partial charge is 0.339 e. The minimum absolute atomic E-state index is 0.337. The van der Waals surface area contributed by atoms with Gasteiger partial charge in [0, 0.05) is 24.0 Å². The SMILES string of the molecule is CCOC(=O)c1ccc(Oc2cc(C)[nH]n2)nc1. The van der Waals surface area contributed by atoms with Gasteiger partial charge in [0.15, 0.2) is 0 Å². The van der Waals surface area contributed by atoms with Gasteiger partial charge in [0.25, 0.3) is 0 Å². The molecular weight excluding hydrogens is 234 g/mol. The number of aromatic amines is 1. The average Bonchev–Trinajstić information content (AvgIpc) is 2.76. The van der Waals surface area contributed by atoms with Crippen molar-refractivity contribution in [1.82, 2.24) is 15.2 Å². The first-order chi connectivity index (χ1) is 8.69. The van der Waals surface area contributed by atoms with Crippen LogP contribution in [0.2, 0.25) is 0 Å². The highest BCUT2D eigenvalue weighted by Crippen LogP contribution is 2.17. The molecule has 18 heavy (non-hydrogen) atoms. The van der Waals surface area contributed by atoms with Crippen LogP contribution in [-0.2, 0) is 4.74 Å². The van der Waals surface area contributed by atoms with Crippen LogP contribution < -0.4 is 4.74 Å². The third kappa shape index (κ3) is 2.85. The van der Waals surface area contributed by atoms with Crippen molar-refractivity contribution in [3.8, 4) is 11.8 Å². The predicted molar refractivity (Wildman–Crippen MR) is 63.6 cm³/mol. The molecule has 0 unspecified atom stereocenters. The number of carbonyl (C=O) groups excluding carboxylic acids is 1. The van der Waals surface area contributed by atoms with E-state index in [1.165, 1.54) is 6.20 Å². The van der Waals surface area contributed by atoms with E-state index in [2.05, 4.69) is 15.2 Å². The van der Waals surface area contributed by atoms with Gasteiger partial charge in [-0.3, -0.25) is 5.10 Å². The van der Waals surface area contributed by atoms with Crippen molar-refractivity contribution in [2.45, 2.75) is 13.8 Å². The first-order valence-corrected chi connectivity index (χ1v) is 5.52. The van der Waals surface area contributed by atoms with Crippen LogP contribution in [0.25, 0.3) is 0 Å². The fraction of sp³-hybridized carbons (Fsp3) is 0.250. The molecule has 2 heterocycles. The lowest BCUT2D eigenvalue weighted by Crippen LogP contribution is -2.04. The fourth-order valence-corrected chi connectivity index (χ4v) is 1.33. The van der Waals surface area contributed by atoms with Crippen molar-refractivity contribution < 1.29 is 14.3 Å². The zero-order valence-electron chi connectivity index (χ0n) is 10.1. The molecule has 0 aliphatic carbocycles. The van der Waals surface area contributed by atoms with Crippen LogP contribution in [0.15, 0.2) is 24.4 Å². The number of nitrogens with one attached hydrogen (secondary N) is 1. The first kappa shape index (κ1) is 12.1. The summed E-state index contributed by atoms with van der Waals surface area (Å²) in [5.74, 6) is 0.408. The van der Waals surface area contributed by atoms with Crippen LogP contribution >= 0.6 is 0 Å². The van der Waals surface area contributed by atoms with E-state index in [1.807, 2.05) is 6.92 Å². The van der Waals surface area contributed by atoms with Gasteiger partial charge < -0.3 is 9.47 Å². The van der Waals surface area contributed by atoms with Gasteiger partial charge in [0.1, 0.15) is 0 Å². The second kappa shape index (κ2) is 5.31. The topological polar surface area (TPSA) is 77.1 Å². The largest absolute Gasteiger partial charge is 0.462 e. The highest BCUT2D eigenvalue weighted by molar-refractivity contribution is 5.89. The number of rotatable bonds is 4. The van der Waals surface area contributed by atoms with Crippen molar-refractivity contribution in [1.29, 1.82) is 0 Å². The van der Waals surface area contributed by atoms with Gasteiger partial charge in [-0.25, -0.2) is 9.78 Å². The minimum Gasteiger partial charge on any atom is -0.462 e. The number of nitrogens with zero attached hydrogens (tertiary/aromatic N) is 2. The lowest BCUT2D eigenvalue weighted by Gasteiger charge is -2.03. The number of hydrogen-bond donors (Lipinski definition) is 1. The van der Waals surface area contributed by atoms with Gasteiger partial charge in [-0.15, -0.1) is 5.10 Å². The molecule has 0 aliphatic rings. The van der Waals surface area contributed by atoms with E-state index in [0.29, 0.717) is 23.9 Å². The minimum atomic E-state index is -0.396. The molecule has 0 fully saturated rings.